The summed E-state index contributed by atoms with van der Waals surface area (Å²) in [7, 11) is 0. The zero-order chi connectivity index (χ0) is 19.0. The molecule has 27 heavy (non-hydrogen) atoms. The van der Waals surface area contributed by atoms with Gasteiger partial charge in [-0.25, -0.2) is 4.98 Å². The molecule has 0 saturated carbocycles. The van der Waals surface area contributed by atoms with Crippen LogP contribution in [-0.4, -0.2) is 16.8 Å². The van der Waals surface area contributed by atoms with Crippen LogP contribution in [0.5, 0.6) is 0 Å². The van der Waals surface area contributed by atoms with Gasteiger partial charge in [-0.1, -0.05) is 23.8 Å². The first-order valence-corrected chi connectivity index (χ1v) is 10.4. The summed E-state index contributed by atoms with van der Waals surface area (Å²) >= 11 is 3.00. The van der Waals surface area contributed by atoms with E-state index in [1.54, 1.807) is 22.4 Å². The number of thiophene rings is 1. The summed E-state index contributed by atoms with van der Waals surface area (Å²) in [5.41, 5.74) is 1.95. The van der Waals surface area contributed by atoms with Crippen LogP contribution in [0.3, 0.4) is 0 Å². The Bertz CT molecular complexity index is 964. The second-order valence-electron chi connectivity index (χ2n) is 6.64. The molecule has 7 heteroatoms. The molecule has 2 unspecified atom stereocenters. The lowest BCUT2D eigenvalue weighted by Gasteiger charge is -2.27. The number of aromatic nitrogens is 1. The molecule has 1 N–H and O–H groups in total. The van der Waals surface area contributed by atoms with Crippen LogP contribution >= 0.6 is 22.7 Å². The number of nitrogens with zero attached hydrogens (tertiary/aromatic N) is 2. The number of aryl methyl sites for hydroxylation is 2. The number of benzene rings is 1. The summed E-state index contributed by atoms with van der Waals surface area (Å²) in [6.07, 6.45) is 1.92. The molecule has 1 aliphatic heterocycles. The van der Waals surface area contributed by atoms with Crippen LogP contribution in [0.25, 0.3) is 0 Å². The summed E-state index contributed by atoms with van der Waals surface area (Å²) in [6, 6.07) is 11.5. The van der Waals surface area contributed by atoms with Crippen molar-refractivity contribution in [2.24, 2.45) is 5.92 Å². The molecule has 2 aromatic heterocycles. The molecule has 3 heterocycles. The van der Waals surface area contributed by atoms with Crippen LogP contribution in [0.15, 0.2) is 48.0 Å². The normalized spacial score (nSPS) is 19.5. The Balaban J connectivity index is 1.67. The predicted molar refractivity (Wildman–Crippen MR) is 109 cm³/mol. The smallest absolute Gasteiger partial charge is 0.232 e. The van der Waals surface area contributed by atoms with Gasteiger partial charge in [-0.05, 0) is 37.4 Å². The Hall–Kier alpha value is -2.51. The van der Waals surface area contributed by atoms with E-state index in [0.29, 0.717) is 5.13 Å². The third-order valence-electron chi connectivity index (χ3n) is 4.66. The van der Waals surface area contributed by atoms with E-state index >= 15 is 0 Å². The highest BCUT2D eigenvalue weighted by Gasteiger charge is 2.45. The first-order chi connectivity index (χ1) is 13.0. The van der Waals surface area contributed by atoms with Crippen molar-refractivity contribution in [2.45, 2.75) is 26.3 Å². The zero-order valence-corrected chi connectivity index (χ0v) is 16.6. The lowest BCUT2D eigenvalue weighted by Crippen LogP contribution is -2.31. The Labute approximate surface area is 165 Å². The molecule has 2 atom stereocenters. The average Bonchev–Trinajstić information content (AvgIpc) is 3.36. The van der Waals surface area contributed by atoms with E-state index in [0.717, 1.165) is 21.0 Å². The largest absolute Gasteiger partial charge is 0.303 e. The quantitative estimate of drug-likeness (QED) is 0.702. The molecule has 1 fully saturated rings. The van der Waals surface area contributed by atoms with E-state index in [-0.39, 0.29) is 24.3 Å². The molecule has 0 aliphatic carbocycles. The van der Waals surface area contributed by atoms with Gasteiger partial charge in [0.05, 0.1) is 12.0 Å². The molecule has 1 saturated heterocycles. The van der Waals surface area contributed by atoms with Crippen LogP contribution in [0.2, 0.25) is 0 Å². The topological polar surface area (TPSA) is 62.3 Å². The highest BCUT2D eigenvalue weighted by Crippen LogP contribution is 2.43. The minimum absolute atomic E-state index is 0.0345. The number of hydrogen-bond donors (Lipinski definition) is 1. The van der Waals surface area contributed by atoms with Crippen LogP contribution in [-0.2, 0) is 9.59 Å². The average molecular weight is 398 g/mol. The van der Waals surface area contributed by atoms with E-state index in [4.69, 9.17) is 0 Å². The minimum atomic E-state index is -0.457. The summed E-state index contributed by atoms with van der Waals surface area (Å²) in [5, 5.41) is 5.44. The van der Waals surface area contributed by atoms with Crippen molar-refractivity contribution in [3.8, 4) is 0 Å². The first-order valence-electron chi connectivity index (χ1n) is 8.68. The predicted octanol–water partition coefficient (Wildman–Crippen LogP) is 4.55. The van der Waals surface area contributed by atoms with E-state index in [1.807, 2.05) is 55.6 Å². The second-order valence-corrected chi connectivity index (χ2v) is 8.85. The molecule has 138 valence electrons. The van der Waals surface area contributed by atoms with Gasteiger partial charge in [0.1, 0.15) is 0 Å². The Kier molecular flexibility index (Phi) is 4.80. The summed E-state index contributed by atoms with van der Waals surface area (Å²) in [4.78, 5) is 33.9. The number of rotatable bonds is 4. The summed E-state index contributed by atoms with van der Waals surface area (Å²) in [5.74, 6) is -0.653. The van der Waals surface area contributed by atoms with Gasteiger partial charge in [0, 0.05) is 28.1 Å². The molecule has 0 spiro atoms. The lowest BCUT2D eigenvalue weighted by atomic mass is 9.97. The maximum Gasteiger partial charge on any atom is 0.232 e. The van der Waals surface area contributed by atoms with Crippen molar-refractivity contribution in [2.75, 3.05) is 10.2 Å². The number of anilines is 2. The maximum atomic E-state index is 13.0. The minimum Gasteiger partial charge on any atom is -0.303 e. The van der Waals surface area contributed by atoms with Gasteiger partial charge in [-0.3, -0.25) is 9.59 Å². The van der Waals surface area contributed by atoms with Gasteiger partial charge >= 0.3 is 0 Å². The van der Waals surface area contributed by atoms with Crippen molar-refractivity contribution in [3.63, 3.8) is 0 Å². The van der Waals surface area contributed by atoms with Gasteiger partial charge in [-0.2, -0.15) is 0 Å². The molecule has 1 aromatic carbocycles. The van der Waals surface area contributed by atoms with Crippen LogP contribution in [0.4, 0.5) is 10.8 Å². The van der Waals surface area contributed by atoms with Gasteiger partial charge < -0.3 is 10.2 Å². The summed E-state index contributed by atoms with van der Waals surface area (Å²) < 4.78 is 0. The molecule has 0 radical (unpaired) electrons. The highest BCUT2D eigenvalue weighted by molar-refractivity contribution is 7.15. The Morgan fingerprint density at radius 2 is 2.00 bits per heavy atom. The second kappa shape index (κ2) is 7.25. The molecular formula is C20H19N3O2S2. The van der Waals surface area contributed by atoms with Crippen molar-refractivity contribution < 1.29 is 9.59 Å². The molecule has 4 rings (SSSR count). The number of carbonyl (C=O) groups is 2. The van der Waals surface area contributed by atoms with Crippen LogP contribution in [0.1, 0.15) is 27.8 Å². The molecule has 0 bridgehead atoms. The van der Waals surface area contributed by atoms with E-state index in [1.165, 1.54) is 11.3 Å². The van der Waals surface area contributed by atoms with E-state index in [9.17, 15) is 9.59 Å². The summed E-state index contributed by atoms with van der Waals surface area (Å²) in [6.45, 7) is 3.96. The zero-order valence-electron chi connectivity index (χ0n) is 15.0. The first kappa shape index (κ1) is 17.9. The SMILES string of the molecule is Cc1ccc(N2C(=O)CC(C(=O)Nc3ncc(C)s3)C2c2cccs2)cc1. The molecular weight excluding hydrogens is 378 g/mol. The molecule has 1 aliphatic rings. The standard InChI is InChI=1S/C20H19N3O2S2/c1-12-5-7-14(8-6-12)23-17(24)10-15(18(23)16-4-3-9-26-16)19(25)22-20-21-11-13(2)27-20/h3-9,11,15,18H,10H2,1-2H3,(H,21,22,25). The van der Waals surface area contributed by atoms with E-state index < -0.39 is 5.92 Å². The Morgan fingerprint density at radius 1 is 1.22 bits per heavy atom. The van der Waals surface area contributed by atoms with E-state index in [2.05, 4.69) is 10.3 Å². The fraction of sp³-hybridized carbons (Fsp3) is 0.250. The molecule has 2 amide bonds. The van der Waals surface area contributed by atoms with Crippen molar-refractivity contribution >= 4 is 45.3 Å². The number of carbonyl (C=O) groups excluding carboxylic acids is 2. The molecule has 3 aromatic rings. The fourth-order valence-electron chi connectivity index (χ4n) is 3.37. The monoisotopic (exact) mass is 397 g/mol. The van der Waals surface area contributed by atoms with Gasteiger partial charge in [0.2, 0.25) is 11.8 Å². The van der Waals surface area contributed by atoms with Crippen LogP contribution in [0, 0.1) is 19.8 Å². The number of hydrogen-bond acceptors (Lipinski definition) is 5. The number of thiazole rings is 1. The van der Waals surface area contributed by atoms with Crippen LogP contribution < -0.4 is 10.2 Å². The maximum absolute atomic E-state index is 13.0. The van der Waals surface area contributed by atoms with Gasteiger partial charge in [0.25, 0.3) is 0 Å². The lowest BCUT2D eigenvalue weighted by molar-refractivity contribution is -0.122. The Morgan fingerprint density at radius 3 is 2.63 bits per heavy atom. The third-order valence-corrected chi connectivity index (χ3v) is 6.43. The number of amides is 2. The van der Waals surface area contributed by atoms with Crippen molar-refractivity contribution in [3.05, 3.63) is 63.3 Å². The third kappa shape index (κ3) is 3.52. The highest BCUT2D eigenvalue weighted by atomic mass is 32.1. The van der Waals surface area contributed by atoms with Crippen molar-refractivity contribution in [1.29, 1.82) is 0 Å². The number of nitrogens with one attached hydrogen (secondary N) is 1. The van der Waals surface area contributed by atoms with Gasteiger partial charge in [-0.15, -0.1) is 22.7 Å². The molecule has 5 nitrogen and oxygen atoms in total. The fourth-order valence-corrected chi connectivity index (χ4v) is 4.92. The van der Waals surface area contributed by atoms with Gasteiger partial charge in [0.15, 0.2) is 5.13 Å². The van der Waals surface area contributed by atoms with Crippen molar-refractivity contribution in [1.82, 2.24) is 4.98 Å².